The zero-order valence-corrected chi connectivity index (χ0v) is 20.9. The minimum absolute atomic E-state index is 0.753. The van der Waals surface area contributed by atoms with Gasteiger partial charge in [0.25, 0.3) is 0 Å². The van der Waals surface area contributed by atoms with Crippen molar-refractivity contribution in [2.45, 2.75) is 0 Å². The van der Waals surface area contributed by atoms with Crippen molar-refractivity contribution in [1.82, 2.24) is 9.55 Å². The molecule has 184 valence electrons. The van der Waals surface area contributed by atoms with Crippen LogP contribution in [-0.4, -0.2) is 9.55 Å². The maximum Gasteiger partial charge on any atom is 0.248 e. The van der Waals surface area contributed by atoms with Gasteiger partial charge < -0.3 is 9.47 Å². The molecule has 0 radical (unpaired) electrons. The van der Waals surface area contributed by atoms with E-state index >= 15 is 0 Å². The third-order valence-corrected chi connectivity index (χ3v) is 6.16. The van der Waals surface area contributed by atoms with Gasteiger partial charge in [0, 0.05) is 17.8 Å². The molecule has 0 aliphatic rings. The van der Waals surface area contributed by atoms with Crippen LogP contribution < -0.4 is 14.0 Å². The number of aromatic nitrogens is 3. The van der Waals surface area contributed by atoms with E-state index in [0.29, 0.717) is 0 Å². The maximum absolute atomic E-state index is 6.23. The average Bonchev–Trinajstić information content (AvgIpc) is 3.40. The van der Waals surface area contributed by atoms with Crippen molar-refractivity contribution >= 4 is 0 Å². The molecule has 0 spiro atoms. The van der Waals surface area contributed by atoms with Crippen LogP contribution in [0.1, 0.15) is 0 Å². The highest BCUT2D eigenvalue weighted by Crippen LogP contribution is 2.31. The first-order valence-corrected chi connectivity index (χ1v) is 12.4. The van der Waals surface area contributed by atoms with E-state index in [9.17, 15) is 0 Å². The Hall–Kier alpha value is -5.16. The number of hydrogen-bond donors (Lipinski definition) is 0. The van der Waals surface area contributed by atoms with Crippen LogP contribution >= 0.6 is 0 Å². The van der Waals surface area contributed by atoms with Crippen LogP contribution in [-0.2, 0) is 7.05 Å². The highest BCUT2D eigenvalue weighted by molar-refractivity contribution is 5.71. The van der Waals surface area contributed by atoms with Gasteiger partial charge in [0.1, 0.15) is 41.1 Å². The summed E-state index contributed by atoms with van der Waals surface area (Å²) in [6.45, 7) is 0. The van der Waals surface area contributed by atoms with E-state index in [0.717, 1.165) is 51.1 Å². The van der Waals surface area contributed by atoms with Crippen molar-refractivity contribution in [1.29, 1.82) is 0 Å². The largest absolute Gasteiger partial charge is 0.457 e. The van der Waals surface area contributed by atoms with E-state index < -0.39 is 0 Å². The third-order valence-electron chi connectivity index (χ3n) is 6.16. The normalized spacial score (nSPS) is 10.8. The lowest BCUT2D eigenvalue weighted by Gasteiger charge is -2.10. The molecule has 0 N–H and O–H groups in total. The number of benzene rings is 4. The van der Waals surface area contributed by atoms with E-state index in [-0.39, 0.29) is 0 Å². The summed E-state index contributed by atoms with van der Waals surface area (Å²) < 4.78 is 16.3. The van der Waals surface area contributed by atoms with E-state index in [2.05, 4.69) is 27.8 Å². The Morgan fingerprint density at radius 1 is 0.605 bits per heavy atom. The van der Waals surface area contributed by atoms with Crippen molar-refractivity contribution in [2.24, 2.45) is 7.05 Å². The number of pyridine rings is 1. The molecule has 6 rings (SSSR count). The first kappa shape index (κ1) is 23.3. The van der Waals surface area contributed by atoms with Crippen molar-refractivity contribution in [3.05, 3.63) is 140 Å². The van der Waals surface area contributed by atoms with Crippen LogP contribution in [0.5, 0.6) is 23.0 Å². The number of imidazole rings is 1. The average molecular weight is 497 g/mol. The zero-order chi connectivity index (χ0) is 25.7. The Kier molecular flexibility index (Phi) is 6.39. The van der Waals surface area contributed by atoms with Gasteiger partial charge in [0.05, 0.1) is 12.7 Å². The van der Waals surface area contributed by atoms with Crippen molar-refractivity contribution in [2.75, 3.05) is 0 Å². The molecule has 0 bridgehead atoms. The van der Waals surface area contributed by atoms with Crippen LogP contribution in [0.4, 0.5) is 0 Å². The van der Waals surface area contributed by atoms with Crippen molar-refractivity contribution in [3.8, 4) is 51.1 Å². The fraction of sp³-hybridized carbons (Fsp3) is 0.0303. The predicted molar refractivity (Wildman–Crippen MR) is 149 cm³/mol. The molecule has 0 fully saturated rings. The molecule has 0 amide bonds. The Bertz CT molecular complexity index is 1690. The summed E-state index contributed by atoms with van der Waals surface area (Å²) in [5.41, 5.74) is 5.01. The Morgan fingerprint density at radius 3 is 2.00 bits per heavy atom. The van der Waals surface area contributed by atoms with E-state index in [1.807, 2.05) is 134 Å². The molecule has 4 aromatic carbocycles. The summed E-state index contributed by atoms with van der Waals surface area (Å²) in [6, 6.07) is 38.0. The van der Waals surface area contributed by atoms with Gasteiger partial charge in [-0.05, 0) is 71.8 Å². The minimum atomic E-state index is 0.753. The summed E-state index contributed by atoms with van der Waals surface area (Å²) in [6.07, 6.45) is 7.87. The maximum atomic E-state index is 6.23. The lowest BCUT2D eigenvalue weighted by Crippen LogP contribution is -2.23. The van der Waals surface area contributed by atoms with Gasteiger partial charge in [-0.3, -0.25) is 4.98 Å². The quantitative estimate of drug-likeness (QED) is 0.214. The molecule has 0 saturated carbocycles. The van der Waals surface area contributed by atoms with Gasteiger partial charge in [-0.1, -0.05) is 48.5 Å². The highest BCUT2D eigenvalue weighted by atomic mass is 16.5. The fourth-order valence-corrected chi connectivity index (χ4v) is 4.30. The molecule has 6 aromatic rings. The van der Waals surface area contributed by atoms with Crippen LogP contribution in [0.2, 0.25) is 0 Å². The third kappa shape index (κ3) is 5.32. The molecule has 2 aromatic heterocycles. The number of para-hydroxylation sites is 1. The van der Waals surface area contributed by atoms with Crippen LogP contribution in [0.3, 0.4) is 0 Å². The van der Waals surface area contributed by atoms with Gasteiger partial charge in [0.2, 0.25) is 6.33 Å². The predicted octanol–water partition coefficient (Wildman–Crippen LogP) is 7.62. The second-order valence-electron chi connectivity index (χ2n) is 8.99. The Labute approximate surface area is 221 Å². The van der Waals surface area contributed by atoms with Crippen molar-refractivity contribution in [3.63, 3.8) is 0 Å². The lowest BCUT2D eigenvalue weighted by molar-refractivity contribution is -0.670. The van der Waals surface area contributed by atoms with Gasteiger partial charge in [0.15, 0.2) is 0 Å². The second-order valence-corrected chi connectivity index (χ2v) is 8.99. The molecule has 0 saturated heterocycles. The molecule has 0 aliphatic heterocycles. The van der Waals surface area contributed by atoms with Gasteiger partial charge in [-0.15, -0.1) is 0 Å². The number of aryl methyl sites for hydroxylation is 1. The fourth-order valence-electron chi connectivity index (χ4n) is 4.30. The molecule has 0 unspecified atom stereocenters. The SMILES string of the molecule is C[n+]1ccn(-c2cccc(Oc3cccc(-c4cc(-c5cccc(Oc6ccccc6)c5)ccn4)c3)c2)c1. The minimum Gasteiger partial charge on any atom is -0.457 e. The van der Waals surface area contributed by atoms with E-state index in [1.54, 1.807) is 0 Å². The van der Waals surface area contributed by atoms with E-state index in [1.165, 1.54) is 0 Å². The van der Waals surface area contributed by atoms with Gasteiger partial charge in [-0.25, -0.2) is 9.13 Å². The molecular formula is C33H26N3O2+. The number of nitrogens with zero attached hydrogens (tertiary/aromatic N) is 3. The van der Waals surface area contributed by atoms with Crippen molar-refractivity contribution < 1.29 is 14.0 Å². The first-order valence-electron chi connectivity index (χ1n) is 12.4. The summed E-state index contributed by atoms with van der Waals surface area (Å²) in [7, 11) is 2.00. The summed E-state index contributed by atoms with van der Waals surface area (Å²) in [5, 5.41) is 0. The lowest BCUT2D eigenvalue weighted by atomic mass is 10.0. The Morgan fingerprint density at radius 2 is 1.24 bits per heavy atom. The first-order chi connectivity index (χ1) is 18.7. The molecule has 2 heterocycles. The highest BCUT2D eigenvalue weighted by Gasteiger charge is 2.09. The topological polar surface area (TPSA) is 40.2 Å². The molecular weight excluding hydrogens is 470 g/mol. The molecule has 0 aliphatic carbocycles. The van der Waals surface area contributed by atoms with Gasteiger partial charge in [-0.2, -0.15) is 0 Å². The molecule has 5 heteroatoms. The monoisotopic (exact) mass is 496 g/mol. The summed E-state index contributed by atoms with van der Waals surface area (Å²) >= 11 is 0. The second kappa shape index (κ2) is 10.4. The number of ether oxygens (including phenoxy) is 2. The molecule has 0 atom stereocenters. The molecule has 38 heavy (non-hydrogen) atoms. The smallest absolute Gasteiger partial charge is 0.248 e. The molecule has 5 nitrogen and oxygen atoms in total. The summed E-state index contributed by atoms with van der Waals surface area (Å²) in [4.78, 5) is 4.64. The standard InChI is InChI=1S/C33H26N3O2/c1-35-18-19-36(24-35)28-10-7-15-32(23-28)38-31-14-6-9-27(21-31)33-22-26(16-17-34-33)25-8-5-13-30(20-25)37-29-11-3-2-4-12-29/h2-24H,1H3/q+1. The Balaban J connectivity index is 1.23. The summed E-state index contributed by atoms with van der Waals surface area (Å²) in [5.74, 6) is 3.12. The zero-order valence-electron chi connectivity index (χ0n) is 20.9. The number of hydrogen-bond acceptors (Lipinski definition) is 3. The van der Waals surface area contributed by atoms with Crippen LogP contribution in [0.15, 0.2) is 140 Å². The van der Waals surface area contributed by atoms with E-state index in [4.69, 9.17) is 9.47 Å². The number of rotatable bonds is 7. The van der Waals surface area contributed by atoms with Crippen LogP contribution in [0.25, 0.3) is 28.1 Å². The van der Waals surface area contributed by atoms with Crippen LogP contribution in [0, 0.1) is 0 Å². The van der Waals surface area contributed by atoms with Gasteiger partial charge >= 0.3 is 0 Å².